The maximum Gasteiger partial charge on any atom is 0.0412 e. The molecule has 0 bridgehead atoms. The molecule has 0 amide bonds. The normalized spacial score (nSPS) is 12.7. The Balaban J connectivity index is 2.40. The number of rotatable bonds is 3. The van der Waals surface area contributed by atoms with Crippen LogP contribution in [0.1, 0.15) is 23.3 Å². The zero-order valence-electron chi connectivity index (χ0n) is 10.0. The molecule has 2 rings (SSSR count). The zero-order valence-corrected chi connectivity index (χ0v) is 11.6. The van der Waals surface area contributed by atoms with Gasteiger partial charge in [-0.2, -0.15) is 0 Å². The van der Waals surface area contributed by atoms with Gasteiger partial charge in [0.2, 0.25) is 0 Å². The second-order valence-electron chi connectivity index (χ2n) is 4.30. The highest BCUT2D eigenvalue weighted by atomic mass is 35.5. The van der Waals surface area contributed by atoms with Crippen LogP contribution in [0.15, 0.2) is 30.3 Å². The summed E-state index contributed by atoms with van der Waals surface area (Å²) in [4.78, 5) is 2.60. The highest BCUT2D eigenvalue weighted by Gasteiger charge is 2.10. The molecule has 0 aliphatic rings. The molecule has 0 saturated carbocycles. The van der Waals surface area contributed by atoms with Gasteiger partial charge in [-0.3, -0.25) is 0 Å². The van der Waals surface area contributed by atoms with E-state index in [4.69, 9.17) is 17.3 Å². The predicted octanol–water partition coefficient (Wildman–Crippen LogP) is 4.44. The molecule has 1 aromatic carbocycles. The van der Waals surface area contributed by atoms with E-state index in [0.29, 0.717) is 12.5 Å². The van der Waals surface area contributed by atoms with Crippen LogP contribution in [0.2, 0.25) is 5.02 Å². The van der Waals surface area contributed by atoms with E-state index in [1.165, 1.54) is 20.9 Å². The molecular weight excluding hydrogens is 250 g/mol. The van der Waals surface area contributed by atoms with Gasteiger partial charge in [-0.1, -0.05) is 24.6 Å². The summed E-state index contributed by atoms with van der Waals surface area (Å²) < 4.78 is 0. The summed E-state index contributed by atoms with van der Waals surface area (Å²) in [7, 11) is 0. The number of benzene rings is 1. The highest BCUT2D eigenvalue weighted by Crippen LogP contribution is 2.34. The Morgan fingerprint density at radius 3 is 2.76 bits per heavy atom. The third kappa shape index (κ3) is 2.71. The van der Waals surface area contributed by atoms with Crippen molar-refractivity contribution in [3.8, 4) is 10.4 Å². The molecule has 17 heavy (non-hydrogen) atoms. The lowest BCUT2D eigenvalue weighted by molar-refractivity contribution is 0.790. The Hall–Kier alpha value is -0.830. The maximum atomic E-state index is 6.05. The lowest BCUT2D eigenvalue weighted by Gasteiger charge is -2.05. The third-order valence-electron chi connectivity index (χ3n) is 2.93. The quantitative estimate of drug-likeness (QED) is 0.872. The topological polar surface area (TPSA) is 26.0 Å². The van der Waals surface area contributed by atoms with Gasteiger partial charge in [0.15, 0.2) is 0 Å². The highest BCUT2D eigenvalue weighted by molar-refractivity contribution is 7.15. The van der Waals surface area contributed by atoms with Crippen molar-refractivity contribution in [3.63, 3.8) is 0 Å². The summed E-state index contributed by atoms with van der Waals surface area (Å²) in [5.74, 6) is 0.424. The Morgan fingerprint density at radius 2 is 2.06 bits per heavy atom. The predicted molar refractivity (Wildman–Crippen MR) is 77.0 cm³/mol. The van der Waals surface area contributed by atoms with Crippen molar-refractivity contribution in [2.75, 3.05) is 6.54 Å². The minimum Gasteiger partial charge on any atom is -0.330 e. The van der Waals surface area contributed by atoms with E-state index in [9.17, 15) is 0 Å². The van der Waals surface area contributed by atoms with E-state index in [-0.39, 0.29) is 0 Å². The molecule has 1 aromatic heterocycles. The Morgan fingerprint density at radius 1 is 1.29 bits per heavy atom. The van der Waals surface area contributed by atoms with Crippen LogP contribution < -0.4 is 5.73 Å². The number of nitrogens with two attached hydrogens (primary N) is 1. The monoisotopic (exact) mass is 265 g/mol. The van der Waals surface area contributed by atoms with Crippen molar-refractivity contribution in [2.24, 2.45) is 5.73 Å². The van der Waals surface area contributed by atoms with Gasteiger partial charge in [0, 0.05) is 20.7 Å². The first kappa shape index (κ1) is 12.6. The molecule has 0 saturated heterocycles. The standard InChI is InChI=1S/C14H16ClNS/c1-9-3-4-11(15)7-12(9)14-6-5-13(17-14)10(2)8-16/h3-7,10H,8,16H2,1-2H3. The molecule has 1 nitrogen and oxygen atoms in total. The summed E-state index contributed by atoms with van der Waals surface area (Å²) in [5.41, 5.74) is 8.16. The number of halogens is 1. The summed E-state index contributed by atoms with van der Waals surface area (Å²) >= 11 is 7.85. The van der Waals surface area contributed by atoms with Crippen molar-refractivity contribution >= 4 is 22.9 Å². The zero-order chi connectivity index (χ0) is 12.4. The van der Waals surface area contributed by atoms with E-state index >= 15 is 0 Å². The van der Waals surface area contributed by atoms with Crippen molar-refractivity contribution in [3.05, 3.63) is 45.8 Å². The van der Waals surface area contributed by atoms with Crippen LogP contribution >= 0.6 is 22.9 Å². The number of thiophene rings is 1. The van der Waals surface area contributed by atoms with E-state index in [1.807, 2.05) is 12.1 Å². The van der Waals surface area contributed by atoms with Gasteiger partial charge in [0.05, 0.1) is 0 Å². The molecule has 3 heteroatoms. The van der Waals surface area contributed by atoms with Crippen molar-refractivity contribution < 1.29 is 0 Å². The molecule has 0 fully saturated rings. The molecular formula is C14H16ClNS. The van der Waals surface area contributed by atoms with Gasteiger partial charge in [-0.05, 0) is 48.9 Å². The van der Waals surface area contributed by atoms with Crippen LogP contribution in [0.4, 0.5) is 0 Å². The van der Waals surface area contributed by atoms with Gasteiger partial charge in [-0.25, -0.2) is 0 Å². The Kier molecular flexibility index (Phi) is 3.87. The second-order valence-corrected chi connectivity index (χ2v) is 5.85. The molecule has 0 aliphatic heterocycles. The van der Waals surface area contributed by atoms with Crippen LogP contribution in [0.5, 0.6) is 0 Å². The van der Waals surface area contributed by atoms with E-state index in [2.05, 4.69) is 32.0 Å². The van der Waals surface area contributed by atoms with Gasteiger partial charge in [-0.15, -0.1) is 11.3 Å². The summed E-state index contributed by atoms with van der Waals surface area (Å²) in [5, 5.41) is 0.785. The molecule has 2 aromatic rings. The molecule has 90 valence electrons. The molecule has 2 N–H and O–H groups in total. The minimum absolute atomic E-state index is 0.424. The molecule has 1 unspecified atom stereocenters. The van der Waals surface area contributed by atoms with E-state index in [1.54, 1.807) is 11.3 Å². The first-order valence-electron chi connectivity index (χ1n) is 5.68. The van der Waals surface area contributed by atoms with Crippen LogP contribution in [0.3, 0.4) is 0 Å². The smallest absolute Gasteiger partial charge is 0.0412 e. The number of aryl methyl sites for hydroxylation is 1. The van der Waals surface area contributed by atoms with Gasteiger partial charge >= 0.3 is 0 Å². The van der Waals surface area contributed by atoms with Gasteiger partial charge in [0.25, 0.3) is 0 Å². The molecule has 0 spiro atoms. The SMILES string of the molecule is Cc1ccc(Cl)cc1-c1ccc(C(C)CN)s1. The average molecular weight is 266 g/mol. The fourth-order valence-corrected chi connectivity index (χ4v) is 3.06. The lowest BCUT2D eigenvalue weighted by Crippen LogP contribution is -2.06. The summed E-state index contributed by atoms with van der Waals surface area (Å²) in [6.45, 7) is 4.95. The fraction of sp³-hybridized carbons (Fsp3) is 0.286. The number of hydrogen-bond acceptors (Lipinski definition) is 2. The summed E-state index contributed by atoms with van der Waals surface area (Å²) in [6.07, 6.45) is 0. The summed E-state index contributed by atoms with van der Waals surface area (Å²) in [6, 6.07) is 10.3. The van der Waals surface area contributed by atoms with Gasteiger partial charge < -0.3 is 5.73 Å². The Bertz CT molecular complexity index is 519. The first-order chi connectivity index (χ1) is 8.11. The van der Waals surface area contributed by atoms with Crippen molar-refractivity contribution in [1.82, 2.24) is 0 Å². The van der Waals surface area contributed by atoms with Crippen molar-refractivity contribution in [2.45, 2.75) is 19.8 Å². The molecule has 0 aliphatic carbocycles. The largest absolute Gasteiger partial charge is 0.330 e. The van der Waals surface area contributed by atoms with E-state index < -0.39 is 0 Å². The molecule has 1 atom stereocenters. The van der Waals surface area contributed by atoms with Crippen molar-refractivity contribution in [1.29, 1.82) is 0 Å². The molecule has 0 radical (unpaired) electrons. The van der Waals surface area contributed by atoms with Gasteiger partial charge in [0.1, 0.15) is 0 Å². The van der Waals surface area contributed by atoms with Crippen LogP contribution in [0.25, 0.3) is 10.4 Å². The first-order valence-corrected chi connectivity index (χ1v) is 6.87. The lowest BCUT2D eigenvalue weighted by atomic mass is 10.1. The van der Waals surface area contributed by atoms with Crippen LogP contribution in [0, 0.1) is 6.92 Å². The Labute approximate surface area is 111 Å². The fourth-order valence-electron chi connectivity index (χ4n) is 1.74. The number of hydrogen-bond donors (Lipinski definition) is 1. The third-order valence-corrected chi connectivity index (χ3v) is 4.52. The second kappa shape index (κ2) is 5.21. The van der Waals surface area contributed by atoms with Crippen LogP contribution in [-0.2, 0) is 0 Å². The minimum atomic E-state index is 0.424. The van der Waals surface area contributed by atoms with Crippen LogP contribution in [-0.4, -0.2) is 6.54 Å². The maximum absolute atomic E-state index is 6.05. The van der Waals surface area contributed by atoms with E-state index in [0.717, 1.165) is 5.02 Å². The molecule has 1 heterocycles. The average Bonchev–Trinajstić information content (AvgIpc) is 2.80.